The standard InChI is InChI=1S/C31H43N3O8.C2H6/c1-22-8-4-5-11-27(22)33-31(40)32-23(2)13-14-24(17-19-41-3)20-28(35)34-18-7-9-25(34)21-42-26(15-16-30(38)39)10-6-12-29(36)37;1-2/h4-6,8,10-11,13-15,17,22-23,25,27H,7,9,12,16,18-21H2,1-3H3,(H,36,37)(H,38,39)(H2,32,33,40);1-2H3/b10-6-,14-13-,24-17+,26-15+;. The number of rotatable bonds is 16. The van der Waals surface area contributed by atoms with Crippen LogP contribution >= 0.6 is 0 Å². The lowest BCUT2D eigenvalue weighted by molar-refractivity contribution is -0.137. The highest BCUT2D eigenvalue weighted by atomic mass is 16.5. The van der Waals surface area contributed by atoms with Crippen LogP contribution in [0.2, 0.25) is 0 Å². The van der Waals surface area contributed by atoms with Crippen molar-refractivity contribution in [3.8, 4) is 0 Å². The number of carboxylic acids is 2. The van der Waals surface area contributed by atoms with E-state index in [1.165, 1.54) is 18.2 Å². The first-order valence-electron chi connectivity index (χ1n) is 15.1. The predicted octanol–water partition coefficient (Wildman–Crippen LogP) is 4.75. The van der Waals surface area contributed by atoms with Gasteiger partial charge in [-0.3, -0.25) is 14.4 Å². The summed E-state index contributed by atoms with van der Waals surface area (Å²) >= 11 is 0. The third-order valence-electron chi connectivity index (χ3n) is 6.73. The molecule has 44 heavy (non-hydrogen) atoms. The maximum atomic E-state index is 13.3. The normalized spacial score (nSPS) is 20.8. The molecule has 0 aromatic carbocycles. The van der Waals surface area contributed by atoms with E-state index in [2.05, 4.69) is 10.6 Å². The quantitative estimate of drug-likeness (QED) is 0.143. The van der Waals surface area contributed by atoms with Gasteiger partial charge in [0.2, 0.25) is 5.91 Å². The smallest absolute Gasteiger partial charge is 0.315 e. The van der Waals surface area contributed by atoms with Crippen molar-refractivity contribution in [3.63, 3.8) is 0 Å². The van der Waals surface area contributed by atoms with Gasteiger partial charge in [-0.1, -0.05) is 69.4 Å². The van der Waals surface area contributed by atoms with E-state index < -0.39 is 11.9 Å². The number of urea groups is 1. The highest BCUT2D eigenvalue weighted by molar-refractivity contribution is 5.80. The second-order valence-electron chi connectivity index (χ2n) is 10.2. The van der Waals surface area contributed by atoms with Gasteiger partial charge in [0.25, 0.3) is 0 Å². The first-order chi connectivity index (χ1) is 21.1. The molecule has 4 unspecified atom stereocenters. The molecule has 2 rings (SSSR count). The number of allylic oxidation sites excluding steroid dienone is 4. The Balaban J connectivity index is 0.00000474. The average Bonchev–Trinajstić information content (AvgIpc) is 3.46. The van der Waals surface area contributed by atoms with Crippen LogP contribution in [0.1, 0.15) is 59.8 Å². The van der Waals surface area contributed by atoms with Crippen LogP contribution in [0.3, 0.4) is 0 Å². The molecule has 4 atom stereocenters. The van der Waals surface area contributed by atoms with E-state index in [4.69, 9.17) is 19.7 Å². The third-order valence-corrected chi connectivity index (χ3v) is 6.73. The van der Waals surface area contributed by atoms with E-state index in [1.54, 1.807) is 12.0 Å². The van der Waals surface area contributed by atoms with Crippen molar-refractivity contribution in [2.45, 2.75) is 77.9 Å². The van der Waals surface area contributed by atoms with Gasteiger partial charge in [-0.15, -0.1) is 0 Å². The Hall–Kier alpha value is -4.12. The number of hydrogen-bond acceptors (Lipinski definition) is 6. The molecule has 1 saturated heterocycles. The van der Waals surface area contributed by atoms with E-state index >= 15 is 0 Å². The fraction of sp³-hybridized carbons (Fsp3) is 0.515. The number of carbonyl (C=O) groups excluding carboxylic acids is 2. The number of carbonyl (C=O) groups is 4. The van der Waals surface area contributed by atoms with Crippen LogP contribution in [-0.2, 0) is 23.9 Å². The van der Waals surface area contributed by atoms with E-state index in [1.807, 2.05) is 70.2 Å². The summed E-state index contributed by atoms with van der Waals surface area (Å²) in [5, 5.41) is 23.7. The Morgan fingerprint density at radius 3 is 2.41 bits per heavy atom. The van der Waals surface area contributed by atoms with E-state index in [-0.39, 0.29) is 67.6 Å². The van der Waals surface area contributed by atoms with Gasteiger partial charge in [-0.25, -0.2) is 4.79 Å². The Morgan fingerprint density at radius 1 is 1.05 bits per heavy atom. The summed E-state index contributed by atoms with van der Waals surface area (Å²) in [5.74, 6) is -1.70. The number of ether oxygens (including phenoxy) is 2. The van der Waals surface area contributed by atoms with Crippen molar-refractivity contribution >= 4 is 23.9 Å². The summed E-state index contributed by atoms with van der Waals surface area (Å²) in [6.45, 7) is 8.92. The summed E-state index contributed by atoms with van der Waals surface area (Å²) < 4.78 is 11.0. The molecule has 4 N–H and O–H groups in total. The molecular formula is C33H49N3O8. The number of nitrogens with zero attached hydrogens (tertiary/aromatic N) is 1. The molecule has 1 fully saturated rings. The number of hydrogen-bond donors (Lipinski definition) is 4. The lowest BCUT2D eigenvalue weighted by Crippen LogP contribution is -2.46. The van der Waals surface area contributed by atoms with Gasteiger partial charge in [0.05, 0.1) is 38.0 Å². The molecule has 0 aromatic rings. The molecule has 244 valence electrons. The topological polar surface area (TPSA) is 154 Å². The van der Waals surface area contributed by atoms with Crippen molar-refractivity contribution in [2.75, 3.05) is 26.9 Å². The molecule has 11 nitrogen and oxygen atoms in total. The number of methoxy groups -OCH3 is 1. The Bertz CT molecular complexity index is 1120. The van der Waals surface area contributed by atoms with E-state index in [0.717, 1.165) is 18.4 Å². The van der Waals surface area contributed by atoms with Gasteiger partial charge in [-0.2, -0.15) is 0 Å². The summed E-state index contributed by atoms with van der Waals surface area (Å²) in [5.41, 5.74) is 0.745. The number of likely N-dealkylation sites (tertiary alicyclic amines) is 1. The van der Waals surface area contributed by atoms with Crippen molar-refractivity contribution in [1.29, 1.82) is 0 Å². The Morgan fingerprint density at radius 2 is 1.75 bits per heavy atom. The highest BCUT2D eigenvalue weighted by Gasteiger charge is 2.29. The molecule has 0 radical (unpaired) electrons. The van der Waals surface area contributed by atoms with Crippen molar-refractivity contribution in [2.24, 2.45) is 5.92 Å². The molecule has 0 aromatic heterocycles. The number of amides is 3. The minimum absolute atomic E-state index is 0.0807. The first kappa shape index (κ1) is 37.9. The molecule has 3 amide bonds. The van der Waals surface area contributed by atoms with E-state index in [9.17, 15) is 19.2 Å². The third kappa shape index (κ3) is 15.4. The van der Waals surface area contributed by atoms with Gasteiger partial charge in [0.15, 0.2) is 0 Å². The van der Waals surface area contributed by atoms with Crippen LogP contribution in [0.4, 0.5) is 4.79 Å². The molecule has 1 aliphatic carbocycles. The first-order valence-corrected chi connectivity index (χ1v) is 15.1. The zero-order chi connectivity index (χ0) is 32.9. The van der Waals surface area contributed by atoms with Gasteiger partial charge < -0.3 is 35.2 Å². The minimum Gasteiger partial charge on any atom is -0.492 e. The van der Waals surface area contributed by atoms with Gasteiger partial charge in [0, 0.05) is 19.7 Å². The molecule has 1 aliphatic heterocycles. The van der Waals surface area contributed by atoms with Gasteiger partial charge >= 0.3 is 18.0 Å². The number of aliphatic carboxylic acids is 2. The molecule has 11 heteroatoms. The molecule has 0 bridgehead atoms. The molecular weight excluding hydrogens is 566 g/mol. The summed E-state index contributed by atoms with van der Waals surface area (Å²) in [4.78, 5) is 49.3. The SMILES string of the molecule is CC.COC/C=C(\C=C/C(C)NC(=O)NC1C=CC=CC1C)CC(=O)N1CCCC1COC(/C=C\CC(=O)O)=C/CC(=O)O. The summed E-state index contributed by atoms with van der Waals surface area (Å²) in [7, 11) is 1.57. The molecule has 1 heterocycles. The van der Waals surface area contributed by atoms with Crippen LogP contribution in [0.5, 0.6) is 0 Å². The zero-order valence-corrected chi connectivity index (χ0v) is 26.5. The molecule has 2 aliphatic rings. The van der Waals surface area contributed by atoms with Gasteiger partial charge in [-0.05, 0) is 43.4 Å². The van der Waals surface area contributed by atoms with Crippen LogP contribution in [-0.4, -0.2) is 84.0 Å². The van der Waals surface area contributed by atoms with Crippen LogP contribution in [0, 0.1) is 5.92 Å². The van der Waals surface area contributed by atoms with Crippen molar-refractivity contribution in [1.82, 2.24) is 15.5 Å². The van der Waals surface area contributed by atoms with Crippen molar-refractivity contribution < 1.29 is 38.9 Å². The number of nitrogens with one attached hydrogen (secondary N) is 2. The second-order valence-corrected chi connectivity index (χ2v) is 10.2. The van der Waals surface area contributed by atoms with Crippen LogP contribution in [0.25, 0.3) is 0 Å². The second kappa shape index (κ2) is 21.6. The minimum atomic E-state index is -1.04. The largest absolute Gasteiger partial charge is 0.492 e. The fourth-order valence-corrected chi connectivity index (χ4v) is 4.45. The van der Waals surface area contributed by atoms with Crippen molar-refractivity contribution in [3.05, 3.63) is 72.1 Å². The molecule has 0 saturated carbocycles. The average molecular weight is 616 g/mol. The predicted molar refractivity (Wildman–Crippen MR) is 170 cm³/mol. The monoisotopic (exact) mass is 615 g/mol. The summed E-state index contributed by atoms with van der Waals surface area (Å²) in [6, 6.07) is -0.857. The zero-order valence-electron chi connectivity index (χ0n) is 26.5. The van der Waals surface area contributed by atoms with Gasteiger partial charge in [0.1, 0.15) is 12.4 Å². The molecule has 0 spiro atoms. The van der Waals surface area contributed by atoms with Crippen LogP contribution < -0.4 is 10.6 Å². The Labute approximate surface area is 261 Å². The van der Waals surface area contributed by atoms with E-state index in [0.29, 0.717) is 13.2 Å². The number of carboxylic acid groups (broad SMARTS) is 2. The maximum Gasteiger partial charge on any atom is 0.315 e. The maximum absolute atomic E-state index is 13.3. The lowest BCUT2D eigenvalue weighted by atomic mass is 9.97. The fourth-order valence-electron chi connectivity index (χ4n) is 4.45. The Kier molecular flexibility index (Phi) is 18.6. The van der Waals surface area contributed by atoms with Crippen LogP contribution in [0.15, 0.2) is 72.1 Å². The summed E-state index contributed by atoms with van der Waals surface area (Å²) in [6.07, 6.45) is 18.7. The lowest BCUT2D eigenvalue weighted by Gasteiger charge is -2.25. The highest BCUT2D eigenvalue weighted by Crippen LogP contribution is 2.22.